The van der Waals surface area contributed by atoms with E-state index in [1.165, 1.54) is 47.6 Å². The van der Waals surface area contributed by atoms with Gasteiger partial charge in [-0.25, -0.2) is 18.3 Å². The average Bonchev–Trinajstić information content (AvgIpc) is 3.36. The van der Waals surface area contributed by atoms with Crippen LogP contribution in [0, 0.1) is 5.82 Å². The fraction of sp³-hybridized carbons (Fsp3) is 0.357. The highest BCUT2D eigenvalue weighted by Crippen LogP contribution is 2.34. The number of hydrogen-bond acceptors (Lipinski definition) is 6. The summed E-state index contributed by atoms with van der Waals surface area (Å²) in [6.07, 6.45) is -0.645. The molecule has 38 heavy (non-hydrogen) atoms. The van der Waals surface area contributed by atoms with Crippen LogP contribution >= 0.6 is 11.3 Å². The van der Waals surface area contributed by atoms with Crippen molar-refractivity contribution in [2.75, 3.05) is 18.8 Å². The predicted octanol–water partition coefficient (Wildman–Crippen LogP) is 7.24. The Morgan fingerprint density at radius 2 is 1.68 bits per heavy atom. The fourth-order valence-electron chi connectivity index (χ4n) is 3.22. The van der Waals surface area contributed by atoms with Crippen LogP contribution in [0.15, 0.2) is 63.7 Å². The van der Waals surface area contributed by atoms with Gasteiger partial charge < -0.3 is 14.2 Å². The number of ether oxygens (including phenoxy) is 3. The summed E-state index contributed by atoms with van der Waals surface area (Å²) in [5.74, 6) is -0.00636. The third-order valence-electron chi connectivity index (χ3n) is 4.96. The third-order valence-corrected chi connectivity index (χ3v) is 7.04. The molecular formula is C28H33FN2O5S2. The van der Waals surface area contributed by atoms with Crippen LogP contribution in [0.5, 0.6) is 5.75 Å². The van der Waals surface area contributed by atoms with Crippen molar-refractivity contribution in [2.24, 2.45) is 4.40 Å². The lowest BCUT2D eigenvalue weighted by molar-refractivity contribution is 0.0509. The van der Waals surface area contributed by atoms with Crippen LogP contribution in [0.4, 0.5) is 20.6 Å². The van der Waals surface area contributed by atoms with E-state index in [4.69, 9.17) is 14.2 Å². The van der Waals surface area contributed by atoms with E-state index in [-0.39, 0.29) is 6.79 Å². The van der Waals surface area contributed by atoms with E-state index in [1.807, 2.05) is 37.6 Å². The van der Waals surface area contributed by atoms with Gasteiger partial charge in [0.25, 0.3) is 0 Å². The van der Waals surface area contributed by atoms with Crippen LogP contribution in [0.2, 0.25) is 0 Å². The van der Waals surface area contributed by atoms with Crippen molar-refractivity contribution >= 4 is 45.5 Å². The standard InChI is InChI=1S/C28H33FN2O5S2/c1-27(2,3)36-26(32)31(21-10-8-20(29)9-11-21)22-12-13-24(35-18-34-7)23(16-22)25(19-14-15-37-17-19)30-38(33)28(4,5)6/h8-17H,18H2,1-7H3. The summed E-state index contributed by atoms with van der Waals surface area (Å²) in [6, 6.07) is 12.5. The van der Waals surface area contributed by atoms with E-state index in [2.05, 4.69) is 4.40 Å². The number of nitrogens with zero attached hydrogens (tertiary/aromatic N) is 2. The van der Waals surface area contributed by atoms with Crippen molar-refractivity contribution in [1.29, 1.82) is 0 Å². The topological polar surface area (TPSA) is 77.4 Å². The summed E-state index contributed by atoms with van der Waals surface area (Å²) in [4.78, 5) is 14.7. The number of rotatable bonds is 8. The van der Waals surface area contributed by atoms with Crippen molar-refractivity contribution in [2.45, 2.75) is 51.9 Å². The second-order valence-electron chi connectivity index (χ2n) is 10.3. The Morgan fingerprint density at radius 1 is 1.03 bits per heavy atom. The molecule has 0 aliphatic carbocycles. The number of hydrogen-bond donors (Lipinski definition) is 0. The molecule has 204 valence electrons. The first kappa shape index (κ1) is 29.5. The molecule has 3 aromatic rings. The minimum atomic E-state index is -1.59. The first-order valence-electron chi connectivity index (χ1n) is 11.9. The molecule has 0 saturated carbocycles. The summed E-state index contributed by atoms with van der Waals surface area (Å²) >= 11 is 1.48. The van der Waals surface area contributed by atoms with Gasteiger partial charge in [0.2, 0.25) is 0 Å². The largest absolute Gasteiger partial charge is 0.467 e. The van der Waals surface area contributed by atoms with E-state index in [1.54, 1.807) is 39.0 Å². The predicted molar refractivity (Wildman–Crippen MR) is 152 cm³/mol. The Bertz CT molecular complexity index is 1290. The molecule has 0 saturated heterocycles. The van der Waals surface area contributed by atoms with Gasteiger partial charge in [0, 0.05) is 23.6 Å². The van der Waals surface area contributed by atoms with Crippen LogP contribution in [-0.4, -0.2) is 40.3 Å². The van der Waals surface area contributed by atoms with Gasteiger partial charge in [0.1, 0.15) is 28.2 Å². The lowest BCUT2D eigenvalue weighted by Gasteiger charge is -2.28. The molecule has 1 aromatic heterocycles. The fourth-order valence-corrected chi connectivity index (χ4v) is 4.51. The maximum Gasteiger partial charge on any atom is 0.419 e. The lowest BCUT2D eigenvalue weighted by Crippen LogP contribution is -2.34. The number of benzene rings is 2. The number of anilines is 2. The van der Waals surface area contributed by atoms with Crippen LogP contribution in [-0.2, 0) is 20.5 Å². The monoisotopic (exact) mass is 560 g/mol. The normalized spacial score (nSPS) is 13.2. The molecule has 0 bridgehead atoms. The van der Waals surface area contributed by atoms with E-state index in [0.717, 1.165) is 5.56 Å². The van der Waals surface area contributed by atoms with Gasteiger partial charge in [0.15, 0.2) is 6.79 Å². The highest BCUT2D eigenvalue weighted by Gasteiger charge is 2.28. The zero-order valence-corrected chi connectivity index (χ0v) is 24.2. The molecule has 0 fully saturated rings. The summed E-state index contributed by atoms with van der Waals surface area (Å²) in [7, 11) is -0.0765. The minimum absolute atomic E-state index is 0.0284. The van der Waals surface area contributed by atoms with Crippen LogP contribution in [0.1, 0.15) is 52.7 Å². The molecule has 7 nitrogen and oxygen atoms in total. The first-order chi connectivity index (χ1) is 17.8. The highest BCUT2D eigenvalue weighted by molar-refractivity contribution is 7.85. The number of halogens is 1. The van der Waals surface area contributed by atoms with Gasteiger partial charge in [0.05, 0.1) is 21.8 Å². The maximum absolute atomic E-state index is 13.7. The Labute approximate surface area is 229 Å². The number of carbonyl (C=O) groups excluding carboxylic acids is 1. The molecule has 1 heterocycles. The Morgan fingerprint density at radius 3 is 2.24 bits per heavy atom. The molecule has 3 rings (SSSR count). The molecule has 0 aliphatic heterocycles. The van der Waals surface area contributed by atoms with E-state index in [9.17, 15) is 13.4 Å². The van der Waals surface area contributed by atoms with Crippen molar-refractivity contribution in [1.82, 2.24) is 0 Å². The second kappa shape index (κ2) is 12.2. The van der Waals surface area contributed by atoms with Crippen molar-refractivity contribution in [3.05, 3.63) is 76.2 Å². The molecular weight excluding hydrogens is 527 g/mol. The Kier molecular flexibility index (Phi) is 9.45. The van der Waals surface area contributed by atoms with Gasteiger partial charge >= 0.3 is 6.09 Å². The number of carbonyl (C=O) groups is 1. The van der Waals surface area contributed by atoms with Crippen molar-refractivity contribution < 1.29 is 27.6 Å². The van der Waals surface area contributed by atoms with Gasteiger partial charge in [-0.3, -0.25) is 0 Å². The third kappa shape index (κ3) is 7.72. The quantitative estimate of drug-likeness (QED) is 0.214. The number of amides is 1. The number of methoxy groups -OCH3 is 1. The molecule has 1 atom stereocenters. The summed E-state index contributed by atoms with van der Waals surface area (Å²) < 4.78 is 47.5. The Hall–Kier alpha value is -3.08. The zero-order valence-electron chi connectivity index (χ0n) is 22.6. The average molecular weight is 561 g/mol. The maximum atomic E-state index is 13.7. The van der Waals surface area contributed by atoms with Gasteiger partial charge in [-0.15, -0.1) is 0 Å². The summed E-state index contributed by atoms with van der Waals surface area (Å²) in [6.45, 7) is 10.8. The van der Waals surface area contributed by atoms with E-state index >= 15 is 0 Å². The lowest BCUT2D eigenvalue weighted by atomic mass is 10.0. The van der Waals surface area contributed by atoms with Gasteiger partial charge in [-0.2, -0.15) is 15.7 Å². The molecule has 1 amide bonds. The molecule has 1 unspecified atom stereocenters. The molecule has 0 aliphatic rings. The molecule has 0 spiro atoms. The zero-order chi connectivity index (χ0) is 28.1. The van der Waals surface area contributed by atoms with Crippen molar-refractivity contribution in [3.8, 4) is 5.75 Å². The summed E-state index contributed by atoms with van der Waals surface area (Å²) in [5.41, 5.74) is 1.76. The van der Waals surface area contributed by atoms with E-state index < -0.39 is 33.2 Å². The molecule has 0 radical (unpaired) electrons. The van der Waals surface area contributed by atoms with Crippen molar-refractivity contribution in [3.63, 3.8) is 0 Å². The van der Waals surface area contributed by atoms with Crippen LogP contribution in [0.25, 0.3) is 0 Å². The Balaban J connectivity index is 2.26. The van der Waals surface area contributed by atoms with E-state index in [0.29, 0.717) is 28.4 Å². The summed E-state index contributed by atoms with van der Waals surface area (Å²) in [5, 5.41) is 3.80. The first-order valence-corrected chi connectivity index (χ1v) is 13.9. The SMILES string of the molecule is COCOc1ccc(N(C(=O)OC(C)(C)C)c2ccc(F)cc2)cc1C(=NS(=O)C(C)(C)C)c1ccsc1. The van der Waals surface area contributed by atoms with Gasteiger partial charge in [-0.1, -0.05) is 0 Å². The molecule has 0 N–H and O–H groups in total. The second-order valence-corrected chi connectivity index (χ2v) is 13.0. The molecule has 10 heteroatoms. The van der Waals surface area contributed by atoms with Gasteiger partial charge in [-0.05, 0) is 95.5 Å². The number of thiophene rings is 1. The molecule has 2 aromatic carbocycles. The van der Waals surface area contributed by atoms with Crippen LogP contribution in [0.3, 0.4) is 0 Å². The van der Waals surface area contributed by atoms with Crippen LogP contribution < -0.4 is 9.64 Å². The highest BCUT2D eigenvalue weighted by atomic mass is 32.2. The smallest absolute Gasteiger partial charge is 0.419 e. The minimum Gasteiger partial charge on any atom is -0.467 e.